The summed E-state index contributed by atoms with van der Waals surface area (Å²) in [5.41, 5.74) is 0. The lowest BCUT2D eigenvalue weighted by molar-refractivity contribution is -0.135. The van der Waals surface area contributed by atoms with E-state index in [0.29, 0.717) is 17.4 Å². The molecule has 0 aromatic rings. The quantitative estimate of drug-likeness (QED) is 0.734. The average molecular weight is 276 g/mol. The number of rotatable bonds is 3. The fourth-order valence-corrected chi connectivity index (χ4v) is 3.38. The molecule has 1 heterocycles. The van der Waals surface area contributed by atoms with Crippen molar-refractivity contribution >= 4 is 21.8 Å². The maximum absolute atomic E-state index is 11.9. The Morgan fingerprint density at radius 1 is 1.53 bits per heavy atom. The van der Waals surface area contributed by atoms with Crippen LogP contribution in [0.5, 0.6) is 0 Å². The molecule has 2 fully saturated rings. The average Bonchev–Trinajstić information content (AvgIpc) is 2.66. The summed E-state index contributed by atoms with van der Waals surface area (Å²) in [6.45, 7) is 2.28. The highest BCUT2D eigenvalue weighted by atomic mass is 79.9. The van der Waals surface area contributed by atoms with Gasteiger partial charge in [-0.25, -0.2) is 0 Å². The van der Waals surface area contributed by atoms with Gasteiger partial charge in [0.2, 0.25) is 5.91 Å². The molecule has 0 aromatic carbocycles. The minimum Gasteiger partial charge on any atom is -0.381 e. The van der Waals surface area contributed by atoms with Gasteiger partial charge in [-0.3, -0.25) is 4.79 Å². The van der Waals surface area contributed by atoms with E-state index in [4.69, 9.17) is 4.74 Å². The van der Waals surface area contributed by atoms with Gasteiger partial charge in [0.1, 0.15) is 0 Å². The van der Waals surface area contributed by atoms with E-state index in [-0.39, 0.29) is 11.8 Å². The molecule has 1 saturated carbocycles. The van der Waals surface area contributed by atoms with Gasteiger partial charge in [-0.15, -0.1) is 0 Å². The Kier molecular flexibility index (Phi) is 3.67. The number of halogens is 1. The molecule has 86 valence electrons. The molecule has 0 aromatic heterocycles. The second kappa shape index (κ2) is 4.83. The second-order valence-electron chi connectivity index (χ2n) is 4.71. The summed E-state index contributed by atoms with van der Waals surface area (Å²) in [4.78, 5) is 14.5. The molecule has 1 saturated heterocycles. The Hall–Kier alpha value is -0.0900. The topological polar surface area (TPSA) is 29.5 Å². The van der Waals surface area contributed by atoms with Crippen molar-refractivity contribution in [3.05, 3.63) is 0 Å². The predicted molar refractivity (Wildman–Crippen MR) is 62.0 cm³/mol. The minimum atomic E-state index is 0.120. The maximum Gasteiger partial charge on any atom is 0.227 e. The van der Waals surface area contributed by atoms with Gasteiger partial charge < -0.3 is 9.64 Å². The molecule has 0 radical (unpaired) electrons. The summed E-state index contributed by atoms with van der Waals surface area (Å²) in [5.74, 6) is 1.09. The van der Waals surface area contributed by atoms with E-state index in [1.807, 2.05) is 11.9 Å². The van der Waals surface area contributed by atoms with Crippen LogP contribution in [0.2, 0.25) is 0 Å². The van der Waals surface area contributed by atoms with Crippen LogP contribution in [0.4, 0.5) is 0 Å². The first-order chi connectivity index (χ1) is 7.16. The SMILES string of the molecule is CN(CC1CC(Br)C1)C(=O)C1CCOC1. The summed E-state index contributed by atoms with van der Waals surface area (Å²) in [7, 11) is 1.92. The van der Waals surface area contributed by atoms with Gasteiger partial charge in [-0.05, 0) is 25.2 Å². The van der Waals surface area contributed by atoms with Crippen LogP contribution in [0.1, 0.15) is 19.3 Å². The van der Waals surface area contributed by atoms with E-state index in [2.05, 4.69) is 15.9 Å². The van der Waals surface area contributed by atoms with Crippen molar-refractivity contribution in [1.29, 1.82) is 0 Å². The molecular weight excluding hydrogens is 258 g/mol. The summed E-state index contributed by atoms with van der Waals surface area (Å²) >= 11 is 3.57. The minimum absolute atomic E-state index is 0.120. The molecule has 1 aliphatic heterocycles. The molecule has 4 heteroatoms. The number of alkyl halides is 1. The summed E-state index contributed by atoms with van der Waals surface area (Å²) in [6, 6.07) is 0. The Morgan fingerprint density at radius 2 is 2.27 bits per heavy atom. The number of carbonyl (C=O) groups excluding carboxylic acids is 1. The zero-order valence-electron chi connectivity index (χ0n) is 9.12. The Labute approximate surface area is 99.3 Å². The van der Waals surface area contributed by atoms with Gasteiger partial charge in [-0.1, -0.05) is 15.9 Å². The maximum atomic E-state index is 11.9. The number of hydrogen-bond acceptors (Lipinski definition) is 2. The molecule has 1 amide bonds. The largest absolute Gasteiger partial charge is 0.381 e. The van der Waals surface area contributed by atoms with Crippen LogP contribution in [-0.2, 0) is 9.53 Å². The normalized spacial score (nSPS) is 34.9. The van der Waals surface area contributed by atoms with Gasteiger partial charge in [0.15, 0.2) is 0 Å². The summed E-state index contributed by atoms with van der Waals surface area (Å²) in [6.07, 6.45) is 3.31. The van der Waals surface area contributed by atoms with Crippen molar-refractivity contribution in [2.24, 2.45) is 11.8 Å². The third-order valence-electron chi connectivity index (χ3n) is 3.37. The van der Waals surface area contributed by atoms with Gasteiger partial charge in [0, 0.05) is 25.0 Å². The van der Waals surface area contributed by atoms with E-state index in [1.54, 1.807) is 0 Å². The monoisotopic (exact) mass is 275 g/mol. The molecule has 15 heavy (non-hydrogen) atoms. The second-order valence-corrected chi connectivity index (χ2v) is 6.01. The van der Waals surface area contributed by atoms with E-state index in [1.165, 1.54) is 12.8 Å². The van der Waals surface area contributed by atoms with E-state index >= 15 is 0 Å². The van der Waals surface area contributed by atoms with Crippen LogP contribution in [-0.4, -0.2) is 42.4 Å². The number of amides is 1. The first-order valence-electron chi connectivity index (χ1n) is 5.63. The van der Waals surface area contributed by atoms with Gasteiger partial charge >= 0.3 is 0 Å². The summed E-state index contributed by atoms with van der Waals surface area (Å²) < 4.78 is 5.24. The Bertz CT molecular complexity index is 235. The fraction of sp³-hybridized carbons (Fsp3) is 0.909. The Balaban J connectivity index is 1.74. The van der Waals surface area contributed by atoms with E-state index in [9.17, 15) is 4.79 Å². The van der Waals surface area contributed by atoms with Crippen molar-refractivity contribution < 1.29 is 9.53 Å². The fourth-order valence-electron chi connectivity index (χ4n) is 2.32. The van der Waals surface area contributed by atoms with Crippen molar-refractivity contribution in [2.45, 2.75) is 24.1 Å². The molecule has 3 nitrogen and oxygen atoms in total. The Morgan fingerprint density at radius 3 is 2.80 bits per heavy atom. The van der Waals surface area contributed by atoms with Crippen LogP contribution >= 0.6 is 15.9 Å². The summed E-state index contributed by atoms with van der Waals surface area (Å²) in [5, 5.41) is 0. The third-order valence-corrected chi connectivity index (χ3v) is 4.11. The number of ether oxygens (including phenoxy) is 1. The lowest BCUT2D eigenvalue weighted by Crippen LogP contribution is -2.40. The lowest BCUT2D eigenvalue weighted by atomic mass is 9.85. The number of nitrogens with zero attached hydrogens (tertiary/aromatic N) is 1. The molecule has 0 N–H and O–H groups in total. The molecule has 1 aliphatic carbocycles. The smallest absolute Gasteiger partial charge is 0.227 e. The molecular formula is C11H18BrNO2. The van der Waals surface area contributed by atoms with Crippen molar-refractivity contribution in [2.75, 3.05) is 26.8 Å². The van der Waals surface area contributed by atoms with E-state index < -0.39 is 0 Å². The molecule has 2 aliphatic rings. The van der Waals surface area contributed by atoms with E-state index in [0.717, 1.165) is 19.6 Å². The number of hydrogen-bond donors (Lipinski definition) is 0. The molecule has 1 unspecified atom stereocenters. The third kappa shape index (κ3) is 2.72. The van der Waals surface area contributed by atoms with Crippen molar-refractivity contribution in [3.8, 4) is 0 Å². The number of carbonyl (C=O) groups is 1. The first-order valence-corrected chi connectivity index (χ1v) is 6.55. The molecule has 2 rings (SSSR count). The standard InChI is InChI=1S/C11H18BrNO2/c1-13(6-8-4-10(12)5-8)11(14)9-2-3-15-7-9/h8-10H,2-7H2,1H3. The van der Waals surface area contributed by atoms with Crippen molar-refractivity contribution in [1.82, 2.24) is 4.90 Å². The lowest BCUT2D eigenvalue weighted by Gasteiger charge is -2.35. The highest BCUT2D eigenvalue weighted by molar-refractivity contribution is 9.09. The highest BCUT2D eigenvalue weighted by Gasteiger charge is 2.31. The van der Waals surface area contributed by atoms with Crippen LogP contribution in [0.15, 0.2) is 0 Å². The van der Waals surface area contributed by atoms with Gasteiger partial charge in [0.25, 0.3) is 0 Å². The van der Waals surface area contributed by atoms with Crippen LogP contribution < -0.4 is 0 Å². The van der Waals surface area contributed by atoms with Crippen LogP contribution in [0.25, 0.3) is 0 Å². The zero-order chi connectivity index (χ0) is 10.8. The zero-order valence-corrected chi connectivity index (χ0v) is 10.7. The first kappa shape index (κ1) is 11.4. The molecule has 0 spiro atoms. The van der Waals surface area contributed by atoms with Crippen LogP contribution in [0.3, 0.4) is 0 Å². The molecule has 0 bridgehead atoms. The molecule has 1 atom stereocenters. The highest BCUT2D eigenvalue weighted by Crippen LogP contribution is 2.33. The van der Waals surface area contributed by atoms with Gasteiger partial charge in [0.05, 0.1) is 12.5 Å². The predicted octanol–water partition coefficient (Wildman–Crippen LogP) is 1.65. The van der Waals surface area contributed by atoms with Gasteiger partial charge in [-0.2, -0.15) is 0 Å². The van der Waals surface area contributed by atoms with Crippen molar-refractivity contribution in [3.63, 3.8) is 0 Å². The van der Waals surface area contributed by atoms with Crippen LogP contribution in [0, 0.1) is 11.8 Å².